The highest BCUT2D eigenvalue weighted by Gasteiger charge is 1.98. The molecule has 0 spiro atoms. The maximum absolute atomic E-state index is 4.27. The molecule has 2 nitrogen and oxygen atoms in total. The van der Waals surface area contributed by atoms with Crippen molar-refractivity contribution in [1.29, 1.82) is 0 Å². The number of hydrogen-bond acceptors (Lipinski definition) is 4. The predicted octanol–water partition coefficient (Wildman–Crippen LogP) is 2.36. The first-order valence-corrected chi connectivity index (χ1v) is 5.54. The molecule has 0 aliphatic carbocycles. The Hall–Kier alpha value is -0.480. The van der Waals surface area contributed by atoms with Crippen LogP contribution >= 0.6 is 24.4 Å². The van der Waals surface area contributed by atoms with Crippen LogP contribution in [-0.4, -0.2) is 21.5 Å². The Kier molecular flexibility index (Phi) is 4.32. The largest absolute Gasteiger partial charge is 0.231 e. The van der Waals surface area contributed by atoms with E-state index in [0.29, 0.717) is 0 Å². The van der Waals surface area contributed by atoms with Crippen LogP contribution in [-0.2, 0) is 0 Å². The summed E-state index contributed by atoms with van der Waals surface area (Å²) in [5, 5.41) is 0.808. The molecule has 0 radical (unpaired) electrons. The fraction of sp³-hybridized carbons (Fsp3) is 0.333. The highest BCUT2D eigenvalue weighted by molar-refractivity contribution is 7.99. The maximum atomic E-state index is 4.27. The van der Waals surface area contributed by atoms with Crippen LogP contribution in [0.25, 0.3) is 0 Å². The first kappa shape index (κ1) is 10.6. The molecule has 1 aromatic heterocycles. The van der Waals surface area contributed by atoms with Gasteiger partial charge < -0.3 is 0 Å². The van der Waals surface area contributed by atoms with E-state index in [1.807, 2.05) is 13.0 Å². The zero-order valence-corrected chi connectivity index (χ0v) is 9.24. The minimum Gasteiger partial charge on any atom is -0.231 e. The van der Waals surface area contributed by atoms with Crippen molar-refractivity contribution in [3.8, 4) is 0 Å². The van der Waals surface area contributed by atoms with Gasteiger partial charge in [-0.2, -0.15) is 12.6 Å². The highest BCUT2D eigenvalue weighted by atomic mass is 32.2. The first-order valence-electron chi connectivity index (χ1n) is 3.92. The van der Waals surface area contributed by atoms with Crippen LogP contribution in [0.1, 0.15) is 5.69 Å². The van der Waals surface area contributed by atoms with Gasteiger partial charge in [0, 0.05) is 23.4 Å². The molecule has 0 aliphatic rings. The molecule has 0 aliphatic heterocycles. The molecule has 1 rings (SSSR count). The van der Waals surface area contributed by atoms with Gasteiger partial charge in [-0.25, -0.2) is 9.97 Å². The Bertz CT molecular complexity index is 299. The molecular weight excluding hydrogens is 200 g/mol. The van der Waals surface area contributed by atoms with E-state index in [4.69, 9.17) is 0 Å². The summed E-state index contributed by atoms with van der Waals surface area (Å²) >= 11 is 5.73. The standard InChI is InChI=1S/C9H12N2S2/c1-7(5-12)6-13-9-10-4-3-8(2)11-9/h3-4,12H,1,5-6H2,2H3. The van der Waals surface area contributed by atoms with Crippen molar-refractivity contribution in [2.24, 2.45) is 0 Å². The molecule has 0 bridgehead atoms. The summed E-state index contributed by atoms with van der Waals surface area (Å²) in [6.45, 7) is 5.82. The number of aromatic nitrogens is 2. The van der Waals surface area contributed by atoms with E-state index < -0.39 is 0 Å². The summed E-state index contributed by atoms with van der Waals surface area (Å²) in [7, 11) is 0. The molecule has 1 heterocycles. The monoisotopic (exact) mass is 212 g/mol. The molecule has 0 saturated carbocycles. The highest BCUT2D eigenvalue weighted by Crippen LogP contribution is 2.15. The van der Waals surface area contributed by atoms with Crippen molar-refractivity contribution >= 4 is 24.4 Å². The summed E-state index contributed by atoms with van der Waals surface area (Å²) in [6, 6.07) is 1.89. The smallest absolute Gasteiger partial charge is 0.188 e. The lowest BCUT2D eigenvalue weighted by molar-refractivity contribution is 0.933. The van der Waals surface area contributed by atoms with Crippen LogP contribution in [0.2, 0.25) is 0 Å². The Labute approximate surface area is 88.3 Å². The van der Waals surface area contributed by atoms with E-state index in [1.165, 1.54) is 0 Å². The first-order chi connectivity index (χ1) is 6.22. The van der Waals surface area contributed by atoms with Gasteiger partial charge in [0.25, 0.3) is 0 Å². The predicted molar refractivity (Wildman–Crippen MR) is 60.5 cm³/mol. The molecular formula is C9H12N2S2. The molecule has 1 aromatic rings. The average Bonchev–Trinajstić information content (AvgIpc) is 2.14. The molecule has 13 heavy (non-hydrogen) atoms. The number of nitrogens with zero attached hydrogens (tertiary/aromatic N) is 2. The normalized spacial score (nSPS) is 10.0. The van der Waals surface area contributed by atoms with Crippen molar-refractivity contribution in [3.05, 3.63) is 30.1 Å². The fourth-order valence-electron chi connectivity index (χ4n) is 0.708. The van der Waals surface area contributed by atoms with Gasteiger partial charge in [-0.15, -0.1) is 0 Å². The Balaban J connectivity index is 2.50. The van der Waals surface area contributed by atoms with Crippen molar-refractivity contribution in [2.45, 2.75) is 12.1 Å². The quantitative estimate of drug-likeness (QED) is 0.359. The third kappa shape index (κ3) is 3.83. The van der Waals surface area contributed by atoms with Crippen LogP contribution < -0.4 is 0 Å². The van der Waals surface area contributed by atoms with Crippen LogP contribution in [0.3, 0.4) is 0 Å². The van der Waals surface area contributed by atoms with Crippen molar-refractivity contribution in [1.82, 2.24) is 9.97 Å². The second kappa shape index (κ2) is 5.29. The van der Waals surface area contributed by atoms with Gasteiger partial charge in [0.1, 0.15) is 0 Å². The SMILES string of the molecule is C=C(CS)CSc1nccc(C)n1. The van der Waals surface area contributed by atoms with Crippen molar-refractivity contribution in [2.75, 3.05) is 11.5 Å². The van der Waals surface area contributed by atoms with Crippen molar-refractivity contribution in [3.63, 3.8) is 0 Å². The molecule has 70 valence electrons. The van der Waals surface area contributed by atoms with Crippen LogP contribution in [0.4, 0.5) is 0 Å². The third-order valence-electron chi connectivity index (χ3n) is 1.40. The summed E-state index contributed by atoms with van der Waals surface area (Å²) in [5.74, 6) is 1.56. The molecule has 0 amide bonds. The van der Waals surface area contributed by atoms with Gasteiger partial charge in [-0.1, -0.05) is 23.9 Å². The molecule has 4 heteroatoms. The summed E-state index contributed by atoms with van der Waals surface area (Å²) in [6.07, 6.45) is 1.77. The van der Waals surface area contributed by atoms with Crippen LogP contribution in [0, 0.1) is 6.92 Å². The second-order valence-electron chi connectivity index (χ2n) is 2.68. The van der Waals surface area contributed by atoms with E-state index in [1.54, 1.807) is 18.0 Å². The van der Waals surface area contributed by atoms with Gasteiger partial charge >= 0.3 is 0 Å². The lowest BCUT2D eigenvalue weighted by Crippen LogP contribution is -1.92. The van der Waals surface area contributed by atoms with Gasteiger partial charge in [0.05, 0.1) is 0 Å². The van der Waals surface area contributed by atoms with E-state index in [-0.39, 0.29) is 0 Å². The summed E-state index contributed by atoms with van der Waals surface area (Å²) < 4.78 is 0. The van der Waals surface area contributed by atoms with Crippen molar-refractivity contribution < 1.29 is 0 Å². The van der Waals surface area contributed by atoms with E-state index in [0.717, 1.165) is 27.9 Å². The number of rotatable bonds is 4. The number of hydrogen-bond donors (Lipinski definition) is 1. The molecule has 0 fully saturated rings. The second-order valence-corrected chi connectivity index (χ2v) is 3.94. The zero-order valence-electron chi connectivity index (χ0n) is 7.53. The Morgan fingerprint density at radius 1 is 1.69 bits per heavy atom. The molecule has 0 unspecified atom stereocenters. The molecule has 0 aromatic carbocycles. The lowest BCUT2D eigenvalue weighted by Gasteiger charge is -2.01. The van der Waals surface area contributed by atoms with Gasteiger partial charge in [0.15, 0.2) is 5.16 Å². The molecule has 0 atom stereocenters. The van der Waals surface area contributed by atoms with Gasteiger partial charge in [0.2, 0.25) is 0 Å². The molecule has 0 N–H and O–H groups in total. The maximum Gasteiger partial charge on any atom is 0.188 e. The average molecular weight is 212 g/mol. The van der Waals surface area contributed by atoms with Gasteiger partial charge in [-0.3, -0.25) is 0 Å². The Morgan fingerprint density at radius 3 is 3.08 bits per heavy atom. The number of aryl methyl sites for hydroxylation is 1. The summed E-state index contributed by atoms with van der Waals surface area (Å²) in [5.41, 5.74) is 2.09. The minimum absolute atomic E-state index is 0.721. The van der Waals surface area contributed by atoms with Crippen LogP contribution in [0.5, 0.6) is 0 Å². The fourth-order valence-corrected chi connectivity index (χ4v) is 1.75. The third-order valence-corrected chi connectivity index (χ3v) is 2.86. The van der Waals surface area contributed by atoms with E-state index >= 15 is 0 Å². The van der Waals surface area contributed by atoms with Crippen LogP contribution in [0.15, 0.2) is 29.6 Å². The Morgan fingerprint density at radius 2 is 2.46 bits per heavy atom. The molecule has 0 saturated heterocycles. The van der Waals surface area contributed by atoms with E-state index in [2.05, 4.69) is 29.2 Å². The number of thiol groups is 1. The topological polar surface area (TPSA) is 25.8 Å². The number of thioether (sulfide) groups is 1. The van der Waals surface area contributed by atoms with Gasteiger partial charge in [-0.05, 0) is 13.0 Å². The minimum atomic E-state index is 0.721. The van der Waals surface area contributed by atoms with E-state index in [9.17, 15) is 0 Å². The summed E-state index contributed by atoms with van der Waals surface area (Å²) in [4.78, 5) is 8.40. The lowest BCUT2D eigenvalue weighted by atomic mass is 10.4. The zero-order chi connectivity index (χ0) is 9.68.